The fourth-order valence-electron chi connectivity index (χ4n) is 3.30. The van der Waals surface area contributed by atoms with E-state index >= 15 is 0 Å². The molecule has 170 valence electrons. The van der Waals surface area contributed by atoms with E-state index in [2.05, 4.69) is 66.9 Å². The maximum absolute atomic E-state index is 6.20. The molecule has 0 amide bonds. The molecule has 2 aromatic carbocycles. The molecule has 0 aromatic heterocycles. The first-order valence-electron chi connectivity index (χ1n) is 10.6. The molecule has 0 saturated carbocycles. The molecule has 0 spiro atoms. The summed E-state index contributed by atoms with van der Waals surface area (Å²) < 4.78 is 16.8. The molecule has 1 aliphatic rings. The Balaban J connectivity index is 0.00000341. The summed E-state index contributed by atoms with van der Waals surface area (Å²) >= 11 is 0. The molecule has 1 unspecified atom stereocenters. The summed E-state index contributed by atoms with van der Waals surface area (Å²) in [5.41, 5.74) is 4.62. The van der Waals surface area contributed by atoms with Gasteiger partial charge in [0.25, 0.3) is 0 Å². The number of aryl methyl sites for hydroxylation is 1. The van der Waals surface area contributed by atoms with Crippen molar-refractivity contribution in [2.75, 3.05) is 26.9 Å². The highest BCUT2D eigenvalue weighted by Gasteiger charge is 2.18. The quantitative estimate of drug-likeness (QED) is 0.285. The van der Waals surface area contributed by atoms with E-state index in [0.717, 1.165) is 48.0 Å². The van der Waals surface area contributed by atoms with Gasteiger partial charge in [-0.3, -0.25) is 0 Å². The van der Waals surface area contributed by atoms with E-state index in [1.54, 1.807) is 7.11 Å². The molecule has 0 radical (unpaired) electrons. The van der Waals surface area contributed by atoms with Gasteiger partial charge in [0.1, 0.15) is 11.9 Å². The second-order valence-corrected chi connectivity index (χ2v) is 7.51. The number of nitrogens with zero attached hydrogens (tertiary/aromatic N) is 1. The highest BCUT2D eigenvalue weighted by molar-refractivity contribution is 14.0. The summed E-state index contributed by atoms with van der Waals surface area (Å²) in [5, 5.41) is 6.75. The Hall–Kier alpha value is -1.84. The first-order chi connectivity index (χ1) is 14.7. The summed E-state index contributed by atoms with van der Waals surface area (Å²) in [6.45, 7) is 8.26. The first-order valence-corrected chi connectivity index (χ1v) is 10.6. The Bertz CT molecular complexity index is 821. The lowest BCUT2D eigenvalue weighted by atomic mass is 10.1. The van der Waals surface area contributed by atoms with Crippen molar-refractivity contribution in [1.82, 2.24) is 10.6 Å². The maximum Gasteiger partial charge on any atom is 0.191 e. The topological polar surface area (TPSA) is 64.1 Å². The fraction of sp³-hybridized carbons (Fsp3) is 0.458. The number of aliphatic imine (C=N–C) groups is 1. The van der Waals surface area contributed by atoms with Crippen LogP contribution in [0.5, 0.6) is 5.75 Å². The molecule has 1 heterocycles. The van der Waals surface area contributed by atoms with Crippen molar-refractivity contribution in [3.8, 4) is 5.75 Å². The summed E-state index contributed by atoms with van der Waals surface area (Å²) in [4.78, 5) is 4.73. The fourth-order valence-corrected chi connectivity index (χ4v) is 3.30. The first kappa shape index (κ1) is 25.4. The van der Waals surface area contributed by atoms with Crippen molar-refractivity contribution in [2.24, 2.45) is 4.99 Å². The number of rotatable bonds is 9. The lowest BCUT2D eigenvalue weighted by molar-refractivity contribution is 0.140. The molecule has 1 saturated heterocycles. The van der Waals surface area contributed by atoms with Gasteiger partial charge in [0.05, 0.1) is 26.4 Å². The predicted molar refractivity (Wildman–Crippen MR) is 135 cm³/mol. The zero-order chi connectivity index (χ0) is 21.2. The van der Waals surface area contributed by atoms with Gasteiger partial charge in [-0.25, -0.2) is 4.99 Å². The Morgan fingerprint density at radius 3 is 2.58 bits per heavy atom. The third-order valence-electron chi connectivity index (χ3n) is 4.95. The van der Waals surface area contributed by atoms with E-state index in [0.29, 0.717) is 26.3 Å². The summed E-state index contributed by atoms with van der Waals surface area (Å²) in [7, 11) is 1.71. The number of methoxy groups -OCH3 is 1. The maximum atomic E-state index is 6.20. The number of benzene rings is 2. The van der Waals surface area contributed by atoms with Gasteiger partial charge in [-0.2, -0.15) is 0 Å². The van der Waals surface area contributed by atoms with Gasteiger partial charge in [-0.15, -0.1) is 24.0 Å². The molecule has 2 aromatic rings. The van der Waals surface area contributed by atoms with Gasteiger partial charge in [0.15, 0.2) is 5.96 Å². The standard InChI is InChI=1S/C24H33N3O3.HI/c1-4-25-24(26-14-19-6-8-20(9-7-19)16-28-3)27-15-21-10-5-18(2)13-23(21)30-22-11-12-29-17-22;/h5-10,13,22H,4,11-12,14-17H2,1-3H3,(H2,25,26,27);1H. The Morgan fingerprint density at radius 1 is 1.13 bits per heavy atom. The number of hydrogen-bond acceptors (Lipinski definition) is 4. The van der Waals surface area contributed by atoms with Crippen molar-refractivity contribution in [1.29, 1.82) is 0 Å². The van der Waals surface area contributed by atoms with E-state index in [4.69, 9.17) is 19.2 Å². The number of ether oxygens (including phenoxy) is 3. The van der Waals surface area contributed by atoms with Crippen LogP contribution < -0.4 is 15.4 Å². The lowest BCUT2D eigenvalue weighted by Crippen LogP contribution is -2.37. The molecule has 7 heteroatoms. The molecule has 0 aliphatic carbocycles. The second kappa shape index (κ2) is 13.5. The average molecular weight is 539 g/mol. The van der Waals surface area contributed by atoms with Crippen LogP contribution in [-0.4, -0.2) is 38.9 Å². The molecule has 6 nitrogen and oxygen atoms in total. The SMILES string of the molecule is CCNC(=NCc1ccc(COC)cc1)NCc1ccc(C)cc1OC1CCOC1.I. The average Bonchev–Trinajstić information content (AvgIpc) is 3.25. The Labute approximate surface area is 202 Å². The minimum absolute atomic E-state index is 0. The van der Waals surface area contributed by atoms with E-state index in [1.807, 2.05) is 0 Å². The van der Waals surface area contributed by atoms with Crippen LogP contribution in [0, 0.1) is 6.92 Å². The van der Waals surface area contributed by atoms with E-state index in [9.17, 15) is 0 Å². The van der Waals surface area contributed by atoms with Crippen LogP contribution in [0.15, 0.2) is 47.5 Å². The monoisotopic (exact) mass is 539 g/mol. The minimum atomic E-state index is 0. The molecule has 0 bridgehead atoms. The van der Waals surface area contributed by atoms with Crippen LogP contribution in [0.2, 0.25) is 0 Å². The molecule has 3 rings (SSSR count). The highest BCUT2D eigenvalue weighted by atomic mass is 127. The van der Waals surface area contributed by atoms with Gasteiger partial charge in [0, 0.05) is 32.2 Å². The molecule has 31 heavy (non-hydrogen) atoms. The number of guanidine groups is 1. The predicted octanol–water partition coefficient (Wildman–Crippen LogP) is 4.18. The van der Waals surface area contributed by atoms with Crippen LogP contribution in [0.4, 0.5) is 0 Å². The summed E-state index contributed by atoms with van der Waals surface area (Å²) in [6.07, 6.45) is 1.07. The molecular formula is C24H34IN3O3. The summed E-state index contributed by atoms with van der Waals surface area (Å²) in [6, 6.07) is 14.7. The van der Waals surface area contributed by atoms with Crippen LogP contribution in [-0.2, 0) is 29.2 Å². The third kappa shape index (κ3) is 8.31. The van der Waals surface area contributed by atoms with Crippen molar-refractivity contribution < 1.29 is 14.2 Å². The minimum Gasteiger partial charge on any atom is -0.488 e. The zero-order valence-corrected chi connectivity index (χ0v) is 21.0. The Morgan fingerprint density at radius 2 is 1.90 bits per heavy atom. The Kier molecular flexibility index (Phi) is 11.1. The van der Waals surface area contributed by atoms with Gasteiger partial charge in [-0.05, 0) is 36.6 Å². The summed E-state index contributed by atoms with van der Waals surface area (Å²) in [5.74, 6) is 1.71. The normalized spacial score (nSPS) is 16.0. The molecular weight excluding hydrogens is 505 g/mol. The van der Waals surface area contributed by atoms with Crippen LogP contribution in [0.25, 0.3) is 0 Å². The lowest BCUT2D eigenvalue weighted by Gasteiger charge is -2.18. The van der Waals surface area contributed by atoms with Gasteiger partial charge < -0.3 is 24.8 Å². The zero-order valence-electron chi connectivity index (χ0n) is 18.6. The molecule has 1 fully saturated rings. The largest absolute Gasteiger partial charge is 0.488 e. The van der Waals surface area contributed by atoms with Crippen molar-refractivity contribution in [2.45, 2.75) is 46.1 Å². The van der Waals surface area contributed by atoms with Crippen LogP contribution in [0.1, 0.15) is 35.6 Å². The smallest absolute Gasteiger partial charge is 0.191 e. The van der Waals surface area contributed by atoms with Gasteiger partial charge in [-0.1, -0.05) is 36.4 Å². The van der Waals surface area contributed by atoms with Gasteiger partial charge >= 0.3 is 0 Å². The highest BCUT2D eigenvalue weighted by Crippen LogP contribution is 2.23. The molecule has 1 aliphatic heterocycles. The van der Waals surface area contributed by atoms with Crippen molar-refractivity contribution >= 4 is 29.9 Å². The van der Waals surface area contributed by atoms with Crippen LogP contribution >= 0.6 is 24.0 Å². The van der Waals surface area contributed by atoms with Crippen molar-refractivity contribution in [3.05, 3.63) is 64.7 Å². The van der Waals surface area contributed by atoms with E-state index < -0.39 is 0 Å². The molecule has 1 atom stereocenters. The number of nitrogens with one attached hydrogen (secondary N) is 2. The second-order valence-electron chi connectivity index (χ2n) is 7.51. The van der Waals surface area contributed by atoms with Crippen LogP contribution in [0.3, 0.4) is 0 Å². The van der Waals surface area contributed by atoms with E-state index in [-0.39, 0.29) is 30.1 Å². The third-order valence-corrected chi connectivity index (χ3v) is 4.95. The number of halogens is 1. The van der Waals surface area contributed by atoms with E-state index in [1.165, 1.54) is 5.56 Å². The number of hydrogen-bond donors (Lipinski definition) is 2. The molecule has 2 N–H and O–H groups in total. The van der Waals surface area contributed by atoms with Gasteiger partial charge in [0.2, 0.25) is 0 Å². The van der Waals surface area contributed by atoms with Crippen molar-refractivity contribution in [3.63, 3.8) is 0 Å².